The van der Waals surface area contributed by atoms with Gasteiger partial charge in [-0.15, -0.1) is 0 Å². The Labute approximate surface area is 218 Å². The molecule has 1 heterocycles. The van der Waals surface area contributed by atoms with Gasteiger partial charge in [0.15, 0.2) is 6.61 Å². The van der Waals surface area contributed by atoms with Crippen LogP contribution in [0.5, 0.6) is 5.75 Å². The van der Waals surface area contributed by atoms with Crippen LogP contribution in [0.15, 0.2) is 59.5 Å². The highest BCUT2D eigenvalue weighted by Gasteiger charge is 2.22. The number of ketones is 1. The number of methoxy groups -OCH3 is 1. The molecule has 0 unspecified atom stereocenters. The minimum atomic E-state index is -3.82. The van der Waals surface area contributed by atoms with E-state index in [4.69, 9.17) is 9.47 Å². The molecule has 3 rings (SSSR count). The second kappa shape index (κ2) is 11.6. The van der Waals surface area contributed by atoms with Crippen LogP contribution < -0.4 is 14.4 Å². The summed E-state index contributed by atoms with van der Waals surface area (Å²) < 4.78 is 40.2. The maximum atomic E-state index is 13.0. The summed E-state index contributed by atoms with van der Waals surface area (Å²) in [5.74, 6) is 0.0663. The quantitative estimate of drug-likeness (QED) is 0.372. The molecule has 1 atom stereocenters. The highest BCUT2D eigenvalue weighted by molar-refractivity contribution is 7.92. The minimum absolute atomic E-state index is 0.0902. The Balaban J connectivity index is 1.67. The maximum Gasteiger partial charge on any atom is 0.264 e. The number of amides is 1. The lowest BCUT2D eigenvalue weighted by Gasteiger charge is -2.20. The lowest BCUT2D eigenvalue weighted by atomic mass is 10.1. The summed E-state index contributed by atoms with van der Waals surface area (Å²) in [4.78, 5) is 24.1. The van der Waals surface area contributed by atoms with Gasteiger partial charge in [0.1, 0.15) is 5.75 Å². The summed E-state index contributed by atoms with van der Waals surface area (Å²) in [6.45, 7) is 7.68. The maximum absolute atomic E-state index is 13.0. The number of sulfonamides is 1. The Bertz CT molecular complexity index is 1360. The van der Waals surface area contributed by atoms with Gasteiger partial charge < -0.3 is 19.4 Å². The van der Waals surface area contributed by atoms with Gasteiger partial charge >= 0.3 is 0 Å². The van der Waals surface area contributed by atoms with Gasteiger partial charge in [0, 0.05) is 43.7 Å². The van der Waals surface area contributed by atoms with E-state index in [1.165, 1.54) is 38.2 Å². The second-order valence-corrected chi connectivity index (χ2v) is 10.8. The zero-order valence-corrected chi connectivity index (χ0v) is 22.8. The molecular weight excluding hydrogens is 494 g/mol. The molecule has 3 aromatic rings. The molecule has 0 aliphatic heterocycles. The van der Waals surface area contributed by atoms with Crippen LogP contribution in [0.4, 0.5) is 11.4 Å². The number of aromatic nitrogens is 1. The number of carbonyl (C=O) groups excluding carboxylic acids is 2. The third kappa shape index (κ3) is 6.39. The number of nitrogens with one attached hydrogen (secondary N) is 1. The van der Waals surface area contributed by atoms with Crippen LogP contribution in [0.1, 0.15) is 41.6 Å². The fourth-order valence-electron chi connectivity index (χ4n) is 4.24. The van der Waals surface area contributed by atoms with E-state index in [1.54, 1.807) is 31.4 Å². The summed E-state index contributed by atoms with van der Waals surface area (Å²) in [6, 6.07) is 14.4. The number of anilines is 2. The molecule has 1 aromatic heterocycles. The van der Waals surface area contributed by atoms with Gasteiger partial charge in [-0.3, -0.25) is 13.9 Å². The SMILES string of the molecule is COC[C@@H](C)n1c(C)cc(C(=O)COc2ccc(N(C)S(=O)(=O)c3ccc(NC(C)=O)cc3)cc2)c1C. The van der Waals surface area contributed by atoms with Crippen LogP contribution in [-0.4, -0.2) is 52.0 Å². The molecule has 10 heteroatoms. The first-order valence-electron chi connectivity index (χ1n) is 11.8. The predicted molar refractivity (Wildman–Crippen MR) is 143 cm³/mol. The number of carbonyl (C=O) groups is 2. The third-order valence-electron chi connectivity index (χ3n) is 6.04. The summed E-state index contributed by atoms with van der Waals surface area (Å²) in [5.41, 5.74) is 3.39. The van der Waals surface area contributed by atoms with Crippen LogP contribution in [0, 0.1) is 13.8 Å². The summed E-state index contributed by atoms with van der Waals surface area (Å²) in [7, 11) is -0.712. The molecule has 0 fully saturated rings. The molecule has 9 nitrogen and oxygen atoms in total. The van der Waals surface area contributed by atoms with E-state index in [0.29, 0.717) is 29.3 Å². The number of hydrogen-bond acceptors (Lipinski definition) is 6. The highest BCUT2D eigenvalue weighted by Crippen LogP contribution is 2.26. The minimum Gasteiger partial charge on any atom is -0.485 e. The number of hydrogen-bond donors (Lipinski definition) is 1. The number of aryl methyl sites for hydroxylation is 1. The smallest absolute Gasteiger partial charge is 0.264 e. The van der Waals surface area contributed by atoms with E-state index in [9.17, 15) is 18.0 Å². The lowest BCUT2D eigenvalue weighted by molar-refractivity contribution is -0.114. The van der Waals surface area contributed by atoms with Crippen molar-refractivity contribution >= 4 is 33.1 Å². The van der Waals surface area contributed by atoms with Crippen LogP contribution in [0.25, 0.3) is 0 Å². The van der Waals surface area contributed by atoms with Crippen molar-refractivity contribution in [1.82, 2.24) is 4.57 Å². The molecule has 0 saturated heterocycles. The predicted octanol–water partition coefficient (Wildman–Crippen LogP) is 4.36. The number of benzene rings is 2. The van der Waals surface area contributed by atoms with E-state index < -0.39 is 10.0 Å². The second-order valence-electron chi connectivity index (χ2n) is 8.84. The van der Waals surface area contributed by atoms with Crippen molar-refractivity contribution in [2.75, 3.05) is 37.0 Å². The van der Waals surface area contributed by atoms with Gasteiger partial charge in [-0.2, -0.15) is 0 Å². The molecule has 0 bridgehead atoms. The topological polar surface area (TPSA) is 107 Å². The highest BCUT2D eigenvalue weighted by atomic mass is 32.2. The third-order valence-corrected chi connectivity index (χ3v) is 7.84. The summed E-state index contributed by atoms with van der Waals surface area (Å²) >= 11 is 0. The molecule has 1 N–H and O–H groups in total. The molecule has 1 amide bonds. The Morgan fingerprint density at radius 2 is 1.68 bits per heavy atom. The Morgan fingerprint density at radius 1 is 1.05 bits per heavy atom. The van der Waals surface area contributed by atoms with Gasteiger partial charge in [0.05, 0.1) is 23.2 Å². The van der Waals surface area contributed by atoms with E-state index in [1.807, 2.05) is 26.8 Å². The normalized spacial score (nSPS) is 12.2. The van der Waals surface area contributed by atoms with E-state index in [2.05, 4.69) is 9.88 Å². The number of rotatable bonds is 11. The first-order valence-corrected chi connectivity index (χ1v) is 13.2. The molecule has 0 aliphatic rings. The Kier molecular flexibility index (Phi) is 8.77. The molecule has 2 aromatic carbocycles. The summed E-state index contributed by atoms with van der Waals surface area (Å²) in [6.07, 6.45) is 0. The average molecular weight is 528 g/mol. The molecule has 0 saturated carbocycles. The van der Waals surface area contributed by atoms with Gasteiger partial charge in [-0.25, -0.2) is 8.42 Å². The Morgan fingerprint density at radius 3 is 2.24 bits per heavy atom. The van der Waals surface area contributed by atoms with Crippen LogP contribution in [0.3, 0.4) is 0 Å². The van der Waals surface area contributed by atoms with E-state index >= 15 is 0 Å². The fourth-order valence-corrected chi connectivity index (χ4v) is 5.44. The molecule has 0 radical (unpaired) electrons. The number of nitrogens with zero attached hydrogens (tertiary/aromatic N) is 2. The van der Waals surface area contributed by atoms with Crippen molar-refractivity contribution < 1.29 is 27.5 Å². The van der Waals surface area contributed by atoms with E-state index in [-0.39, 0.29) is 29.2 Å². The molecule has 0 spiro atoms. The monoisotopic (exact) mass is 527 g/mol. The molecular formula is C27H33N3O6S. The van der Waals surface area contributed by atoms with Crippen molar-refractivity contribution in [3.63, 3.8) is 0 Å². The van der Waals surface area contributed by atoms with Crippen molar-refractivity contribution in [2.24, 2.45) is 0 Å². The van der Waals surface area contributed by atoms with Gasteiger partial charge in [0.25, 0.3) is 10.0 Å². The molecule has 0 aliphatic carbocycles. The van der Waals surface area contributed by atoms with Gasteiger partial charge in [-0.05, 0) is 75.4 Å². The fraction of sp³-hybridized carbons (Fsp3) is 0.333. The standard InChI is InChI=1S/C27H33N3O6S/c1-18-15-26(20(3)30(18)19(2)16-35-6)27(32)17-36-24-11-9-23(10-12-24)29(5)37(33,34)25-13-7-22(8-14-25)28-21(4)31/h7-15,19H,16-17H2,1-6H3,(H,28,31)/t19-/m1/s1. The first-order chi connectivity index (χ1) is 17.4. The zero-order valence-electron chi connectivity index (χ0n) is 21.9. The number of Topliss-reactive ketones (excluding diaryl/α,β-unsaturated/α-hetero) is 1. The zero-order chi connectivity index (χ0) is 27.3. The van der Waals surface area contributed by atoms with E-state index in [0.717, 1.165) is 15.7 Å². The summed E-state index contributed by atoms with van der Waals surface area (Å²) in [5, 5.41) is 2.61. The largest absolute Gasteiger partial charge is 0.485 e. The van der Waals surface area contributed by atoms with Gasteiger partial charge in [0.2, 0.25) is 11.7 Å². The van der Waals surface area contributed by atoms with Gasteiger partial charge in [-0.1, -0.05) is 0 Å². The lowest BCUT2D eigenvalue weighted by Crippen LogP contribution is -2.26. The molecule has 198 valence electrons. The number of ether oxygens (including phenoxy) is 2. The van der Waals surface area contributed by atoms with Crippen LogP contribution >= 0.6 is 0 Å². The first kappa shape index (κ1) is 27.9. The molecule has 37 heavy (non-hydrogen) atoms. The Hall–Kier alpha value is -3.63. The van der Waals surface area contributed by atoms with Crippen molar-refractivity contribution in [3.8, 4) is 5.75 Å². The average Bonchev–Trinajstić information content (AvgIpc) is 3.16. The van der Waals surface area contributed by atoms with Crippen LogP contribution in [-0.2, 0) is 19.6 Å². The van der Waals surface area contributed by atoms with Crippen molar-refractivity contribution in [2.45, 2.75) is 38.6 Å². The van der Waals surface area contributed by atoms with Crippen molar-refractivity contribution in [3.05, 3.63) is 71.5 Å². The van der Waals surface area contributed by atoms with Crippen LogP contribution in [0.2, 0.25) is 0 Å². The van der Waals surface area contributed by atoms with Crippen molar-refractivity contribution in [1.29, 1.82) is 0 Å².